The third-order valence-corrected chi connectivity index (χ3v) is 22.7. The number of carbonyl (C=O) groups excluding carboxylic acids is 10. The van der Waals surface area contributed by atoms with E-state index < -0.39 is 331 Å². The fourth-order valence-corrected chi connectivity index (χ4v) is 16.0. The number of phenols is 3. The number of urea groups is 1. The maximum atomic E-state index is 16.2. The van der Waals surface area contributed by atoms with E-state index in [1.54, 1.807) is 13.8 Å². The minimum absolute atomic E-state index is 0.136. The molecular formula is C84H85Cl3F6N12O28. The molecule has 7 aliphatic rings. The van der Waals surface area contributed by atoms with Crippen LogP contribution in [0.4, 0.5) is 36.8 Å². The number of alkyl halides is 6. The molecule has 14 rings (SSSR count). The summed E-state index contributed by atoms with van der Waals surface area (Å²) in [5.41, 5.74) is 4.19. The zero-order valence-electron chi connectivity index (χ0n) is 69.5. The van der Waals surface area contributed by atoms with Crippen LogP contribution in [0.1, 0.15) is 106 Å². The minimum Gasteiger partial charge on any atom is -0.508 e. The van der Waals surface area contributed by atoms with Gasteiger partial charge in [-0.05, 0) is 133 Å². The van der Waals surface area contributed by atoms with Crippen molar-refractivity contribution in [2.75, 3.05) is 39.3 Å². The van der Waals surface area contributed by atoms with E-state index in [1.165, 1.54) is 7.05 Å². The fraction of sp³-hybridized carbons (Fsp3) is 0.369. The summed E-state index contributed by atoms with van der Waals surface area (Å²) in [5, 5.41) is 125. The number of carboxylic acids is 1. The summed E-state index contributed by atoms with van der Waals surface area (Å²) in [6.45, 7) is 0.408. The molecule has 0 saturated carbocycles. The van der Waals surface area contributed by atoms with Crippen molar-refractivity contribution >= 4 is 106 Å². The van der Waals surface area contributed by atoms with E-state index >= 15 is 14.4 Å². The van der Waals surface area contributed by atoms with Crippen molar-refractivity contribution in [3.05, 3.63) is 181 Å². The second kappa shape index (κ2) is 41.2. The number of ether oxygens (including phenoxy) is 8. The number of fused-ring (bicyclic) bond motifs is 15. The monoisotopic (exact) mass is 1930 g/mol. The number of anilines is 1. The smallest absolute Gasteiger partial charge is 0.417 e. The molecule has 7 heterocycles. The Kier molecular flexibility index (Phi) is 30.8. The van der Waals surface area contributed by atoms with E-state index in [9.17, 15) is 111 Å². The number of carboxylic acid groups (broad SMARTS) is 1. The van der Waals surface area contributed by atoms with Crippen molar-refractivity contribution in [3.63, 3.8) is 0 Å². The van der Waals surface area contributed by atoms with E-state index in [2.05, 4.69) is 53.2 Å². The van der Waals surface area contributed by atoms with Crippen LogP contribution in [0.5, 0.6) is 46.0 Å². The summed E-state index contributed by atoms with van der Waals surface area (Å²) in [6, 6.07) is -3.09. The topological polar surface area (TPSA) is 616 Å². The number of likely N-dealkylation sites (N-methyl/N-ethyl adjacent to an activating group) is 1. The summed E-state index contributed by atoms with van der Waals surface area (Å²) < 4.78 is 135. The van der Waals surface area contributed by atoms with Gasteiger partial charge in [-0.3, -0.25) is 43.2 Å². The zero-order chi connectivity index (χ0) is 97.0. The first-order chi connectivity index (χ1) is 62.7. The number of aliphatic hydroxyl groups is 5. The molecular weight excluding hydrogens is 1850 g/mol. The SMILES string of the molecule is CNC(CC(C)C)C(=O)NC1C(=O)NC(CC(N)=O)C(=O)NC2C(=O)NC3C(=O)NC(C(=O)N[C@@H](C(=O)O)c4cc(O)cc(O)c4-c4cc3ccc4O)C(O)c3ccc(c(Cl)c3)Oc3cc2cc(c3OCCOC2OC(C(N)=O)C(OC)C(NC(=O)Nc3ccc(Cl)c(C(F)(F)F)c3)C2OC2OC(CO)C(O)C(O)C2NC(=O)c2cccc(C(F)(F)F)c2)Oc2ccc(cc2Cl)C1O. The number of primary amides is 2. The van der Waals surface area contributed by atoms with Crippen LogP contribution in [0.25, 0.3) is 11.1 Å². The van der Waals surface area contributed by atoms with Gasteiger partial charge in [0, 0.05) is 41.1 Å². The molecule has 11 bridgehead atoms. The number of methoxy groups -OCH3 is 1. The van der Waals surface area contributed by atoms with Crippen molar-refractivity contribution in [2.45, 2.75) is 155 Å². The molecule has 23 N–H and O–H groups in total. The van der Waals surface area contributed by atoms with E-state index in [-0.39, 0.29) is 23.5 Å². The number of carbonyl (C=O) groups is 11. The number of hydrogen-bond donors (Lipinski definition) is 21. The molecule has 0 radical (unpaired) electrons. The number of aliphatic carboxylic acids is 1. The molecule has 2 fully saturated rings. The largest absolute Gasteiger partial charge is 0.508 e. The first kappa shape index (κ1) is 99.3. The third-order valence-electron chi connectivity index (χ3n) is 21.8. The first-order valence-electron chi connectivity index (χ1n) is 40.1. The zero-order valence-corrected chi connectivity index (χ0v) is 71.7. The quantitative estimate of drug-likeness (QED) is 0.0339. The first-order valence-corrected chi connectivity index (χ1v) is 41.2. The highest BCUT2D eigenvalue weighted by atomic mass is 35.5. The highest BCUT2D eigenvalue weighted by Crippen LogP contribution is 2.50. The standard InChI is InChI=1S/C84H85Cl3F6N12O28/c1-30(2)18-45(96-3)73(117)102-59-63(111)32-9-14-49(43(86)21-32)129-51-23-35-24-52(130-50-15-10-33(22-44(50)87)64(112)60-78(122)101-58(79(123)124)40-26-38(107)27-48(109)55(40)39-20-31(8-13-47(39)108)56(75(119)103-60)100-76(120)57(35)99-74(118)46(28-54(94)110)98-77(59)121)67(51)127-16-17-128-81-69(62(68(126-4)70(133-81)71(95)115)105-82(125)97-37-11-12-42(85)41(25-37)84(91,92)93)132-80-61(66(114)65(113)53(29-106)131-80)104-72(116)34-6-5-7-36(19-34)83(88,89)90/h5-15,19-27,30,45-46,53,56-66,68-70,80-81,96,106-109,111-114H,16-18,28-29H2,1-4H3,(H2,94,110)(H2,95,115)(H,98,121)(H,99,118)(H,100,120)(H,101,122)(H,102,117)(H,103,119)(H,104,116)(H,123,124)(H2,97,105,125)/t45?,46?,53?,56?,57?,58-,59?,60?,61?,62?,63?,64?,65?,66?,68?,69?,70?,80?,81?/m1/s1. The van der Waals surface area contributed by atoms with Gasteiger partial charge in [-0.25, -0.2) is 9.59 Å². The van der Waals surface area contributed by atoms with Crippen LogP contribution >= 0.6 is 34.8 Å². The van der Waals surface area contributed by atoms with Crippen molar-refractivity contribution in [3.8, 4) is 57.1 Å². The number of hydrogen-bond acceptors (Lipinski definition) is 28. The number of amides is 11. The summed E-state index contributed by atoms with van der Waals surface area (Å²) in [7, 11) is 2.35. The molecule has 40 nitrogen and oxygen atoms in total. The highest BCUT2D eigenvalue weighted by molar-refractivity contribution is 6.32. The fourth-order valence-electron chi connectivity index (χ4n) is 15.3. The van der Waals surface area contributed by atoms with Crippen molar-refractivity contribution in [1.29, 1.82) is 0 Å². The molecule has 0 aliphatic carbocycles. The molecule has 7 aromatic carbocycles. The minimum atomic E-state index is -5.12. The average Bonchev–Trinajstić information content (AvgIpc) is 0.755. The van der Waals surface area contributed by atoms with Crippen molar-refractivity contribution < 1.29 is 163 Å². The lowest BCUT2D eigenvalue weighted by Gasteiger charge is -2.48. The Balaban J connectivity index is 1.03. The van der Waals surface area contributed by atoms with Crippen LogP contribution in [-0.2, 0) is 79.2 Å². The van der Waals surface area contributed by atoms with Gasteiger partial charge in [0.05, 0.1) is 57.9 Å². The third kappa shape index (κ3) is 22.5. The second-order valence-electron chi connectivity index (χ2n) is 31.3. The second-order valence-corrected chi connectivity index (χ2v) is 32.5. The van der Waals surface area contributed by atoms with Crippen LogP contribution in [-0.4, -0.2) is 231 Å². The Labute approximate surface area is 762 Å². The van der Waals surface area contributed by atoms with Gasteiger partial charge in [-0.15, -0.1) is 0 Å². The maximum Gasteiger partial charge on any atom is 0.417 e. The average molecular weight is 1930 g/mol. The molecule has 49 heteroatoms. The van der Waals surface area contributed by atoms with Gasteiger partial charge >= 0.3 is 24.4 Å². The molecule has 0 spiro atoms. The maximum absolute atomic E-state index is 16.2. The Morgan fingerprint density at radius 2 is 1.25 bits per heavy atom. The number of aliphatic hydroxyl groups excluding tert-OH is 5. The van der Waals surface area contributed by atoms with E-state index in [0.29, 0.717) is 18.2 Å². The van der Waals surface area contributed by atoms with Crippen LogP contribution in [0.15, 0.2) is 121 Å². The molecule has 7 aliphatic heterocycles. The number of aromatic hydroxyl groups is 3. The molecule has 11 amide bonds. The van der Waals surface area contributed by atoms with Gasteiger partial charge in [-0.2, -0.15) is 26.3 Å². The Morgan fingerprint density at radius 1 is 0.609 bits per heavy atom. The molecule has 19 atom stereocenters. The lowest BCUT2D eigenvalue weighted by Crippen LogP contribution is -2.71. The van der Waals surface area contributed by atoms with E-state index in [1.807, 2.05) is 0 Å². The molecule has 712 valence electrons. The van der Waals surface area contributed by atoms with Crippen LogP contribution in [0.3, 0.4) is 0 Å². The lowest BCUT2D eigenvalue weighted by molar-refractivity contribution is -0.336. The van der Waals surface area contributed by atoms with Crippen molar-refractivity contribution in [1.82, 2.24) is 47.9 Å². The summed E-state index contributed by atoms with van der Waals surface area (Å²) in [6.07, 6.45) is -33.1. The summed E-state index contributed by atoms with van der Waals surface area (Å²) in [5.74, 6) is -20.1. The predicted molar refractivity (Wildman–Crippen MR) is 446 cm³/mol. The van der Waals surface area contributed by atoms with Crippen molar-refractivity contribution in [2.24, 2.45) is 17.4 Å². The van der Waals surface area contributed by atoms with Crippen LogP contribution < -0.4 is 78.8 Å². The van der Waals surface area contributed by atoms with Crippen LogP contribution in [0, 0.1) is 5.92 Å². The van der Waals surface area contributed by atoms with Gasteiger partial charge in [0.2, 0.25) is 53.0 Å². The Morgan fingerprint density at radius 3 is 1.85 bits per heavy atom. The molecule has 7 aromatic rings. The van der Waals surface area contributed by atoms with E-state index in [4.69, 9.17) is 84.2 Å². The van der Waals surface area contributed by atoms with Gasteiger partial charge in [0.1, 0.15) is 114 Å². The number of halogens is 9. The lowest BCUT2D eigenvalue weighted by atomic mass is 9.89. The Hall–Kier alpha value is -12.7. The van der Waals surface area contributed by atoms with Gasteiger partial charge in [0.15, 0.2) is 36.2 Å². The number of nitrogens with two attached hydrogens (primary N) is 2. The molecule has 133 heavy (non-hydrogen) atoms. The van der Waals surface area contributed by atoms with Gasteiger partial charge in [-0.1, -0.05) is 72.9 Å². The van der Waals surface area contributed by atoms with Crippen LogP contribution in [0.2, 0.25) is 15.1 Å². The highest BCUT2D eigenvalue weighted by Gasteiger charge is 2.55. The van der Waals surface area contributed by atoms with Gasteiger partial charge in [0.25, 0.3) is 5.91 Å². The Bertz CT molecular complexity index is 5680. The summed E-state index contributed by atoms with van der Waals surface area (Å²) >= 11 is 20.1. The predicted octanol–water partition coefficient (Wildman–Crippen LogP) is 3.81. The van der Waals surface area contributed by atoms with Gasteiger partial charge < -0.3 is 148 Å². The number of benzene rings is 7. The number of nitrogens with one attached hydrogen (secondary N) is 10. The van der Waals surface area contributed by atoms with E-state index in [0.717, 1.165) is 110 Å². The number of phenolic OH excluding ortho intramolecular Hbond substituents is 3. The summed E-state index contributed by atoms with van der Waals surface area (Å²) in [4.78, 5) is 160. The molecule has 2 saturated heterocycles. The molecule has 0 aromatic heterocycles. The number of rotatable bonds is 22. The molecule has 18 unspecified atom stereocenters. The normalized spacial score (nSPS) is 25.3.